The van der Waals surface area contributed by atoms with E-state index in [4.69, 9.17) is 4.42 Å². The smallest absolute Gasteiger partial charge is 0.408 e. The summed E-state index contributed by atoms with van der Waals surface area (Å²) in [7, 11) is 0. The molecule has 3 aromatic heterocycles. The molecule has 0 bridgehead atoms. The Morgan fingerprint density at radius 2 is 2.20 bits per heavy atom. The summed E-state index contributed by atoms with van der Waals surface area (Å²) in [5, 5.41) is 4.86. The maximum Gasteiger partial charge on any atom is 0.419 e. The van der Waals surface area contributed by atoms with Crippen LogP contribution in [0.1, 0.15) is 23.7 Å². The Morgan fingerprint density at radius 1 is 1.32 bits per heavy atom. The van der Waals surface area contributed by atoms with Crippen LogP contribution in [0.4, 0.5) is 0 Å². The number of fused-ring (bicyclic) bond motifs is 4. The monoisotopic (exact) mass is 354 g/mol. The number of thiazole rings is 1. The molecule has 1 N–H and O–H groups in total. The predicted octanol–water partition coefficient (Wildman–Crippen LogP) is 2.11. The summed E-state index contributed by atoms with van der Waals surface area (Å²) >= 11 is 1.56. The van der Waals surface area contributed by atoms with Crippen molar-refractivity contribution in [1.29, 1.82) is 0 Å². The number of oxazole rings is 1. The zero-order chi connectivity index (χ0) is 17.0. The van der Waals surface area contributed by atoms with E-state index >= 15 is 0 Å². The second kappa shape index (κ2) is 5.32. The van der Waals surface area contributed by atoms with Crippen molar-refractivity contribution in [3.8, 4) is 0 Å². The molecule has 1 aromatic carbocycles. The van der Waals surface area contributed by atoms with Crippen LogP contribution < -0.4 is 11.1 Å². The lowest BCUT2D eigenvalue weighted by atomic mass is 10.00. The van der Waals surface area contributed by atoms with E-state index in [-0.39, 0.29) is 11.8 Å². The van der Waals surface area contributed by atoms with Crippen LogP contribution in [-0.4, -0.2) is 19.9 Å². The Kier molecular flexibility index (Phi) is 3.08. The van der Waals surface area contributed by atoms with Gasteiger partial charge in [0.05, 0.1) is 23.4 Å². The Balaban J connectivity index is 1.66. The van der Waals surface area contributed by atoms with Gasteiger partial charge in [-0.1, -0.05) is 12.1 Å². The molecule has 8 heteroatoms. The maximum absolute atomic E-state index is 12.3. The molecule has 7 nitrogen and oxygen atoms in total. The van der Waals surface area contributed by atoms with Crippen molar-refractivity contribution in [1.82, 2.24) is 19.3 Å². The molecule has 4 aromatic rings. The van der Waals surface area contributed by atoms with Crippen LogP contribution in [0.15, 0.2) is 45.1 Å². The summed E-state index contributed by atoms with van der Waals surface area (Å²) < 4.78 is 8.96. The molecule has 0 saturated carbocycles. The first-order valence-electron chi connectivity index (χ1n) is 8.00. The standard InChI is InChI=1S/C17H14N4O3S/c22-14-7-10(9-21-12-3-1-2-4-13(12)24-17(21)23)15-11(8-18-14)19-16-20(15)5-6-25-16/h1-6,10H,7-9H2,(H,18,22). The number of hydrogen-bond donors (Lipinski definition) is 1. The van der Waals surface area contributed by atoms with Crippen molar-refractivity contribution < 1.29 is 9.21 Å². The first-order chi connectivity index (χ1) is 12.2. The van der Waals surface area contributed by atoms with Crippen LogP contribution in [-0.2, 0) is 17.9 Å². The number of amides is 1. The Bertz CT molecular complexity index is 1170. The Labute approximate surface area is 145 Å². The van der Waals surface area contributed by atoms with Gasteiger partial charge in [-0.25, -0.2) is 9.78 Å². The molecule has 0 spiro atoms. The number of hydrogen-bond acceptors (Lipinski definition) is 5. The van der Waals surface area contributed by atoms with E-state index in [9.17, 15) is 9.59 Å². The molecule has 4 heterocycles. The summed E-state index contributed by atoms with van der Waals surface area (Å²) in [5.74, 6) is -0.591. The molecule has 1 amide bonds. The van der Waals surface area contributed by atoms with Crippen LogP contribution >= 0.6 is 11.3 Å². The number of nitrogens with zero attached hydrogens (tertiary/aromatic N) is 3. The van der Waals surface area contributed by atoms with Gasteiger partial charge in [0, 0.05) is 30.5 Å². The third-order valence-corrected chi connectivity index (χ3v) is 5.38. The van der Waals surface area contributed by atoms with Gasteiger partial charge in [-0.2, -0.15) is 0 Å². The lowest BCUT2D eigenvalue weighted by Gasteiger charge is -2.15. The molecule has 1 atom stereocenters. The average molecular weight is 354 g/mol. The second-order valence-corrected chi connectivity index (χ2v) is 7.00. The molecule has 0 aliphatic carbocycles. The number of imidazole rings is 1. The molecular weight excluding hydrogens is 340 g/mol. The van der Waals surface area contributed by atoms with Gasteiger partial charge < -0.3 is 9.73 Å². The number of benzene rings is 1. The minimum atomic E-state index is -0.404. The van der Waals surface area contributed by atoms with Gasteiger partial charge in [0.1, 0.15) is 0 Å². The molecule has 126 valence electrons. The topological polar surface area (TPSA) is 81.5 Å². The van der Waals surface area contributed by atoms with Gasteiger partial charge in [0.15, 0.2) is 10.5 Å². The molecule has 1 aliphatic heterocycles. The molecule has 0 saturated heterocycles. The summed E-state index contributed by atoms with van der Waals surface area (Å²) in [6, 6.07) is 7.33. The van der Waals surface area contributed by atoms with Crippen molar-refractivity contribution in [2.75, 3.05) is 0 Å². The first-order valence-corrected chi connectivity index (χ1v) is 8.88. The van der Waals surface area contributed by atoms with Crippen molar-refractivity contribution in [3.63, 3.8) is 0 Å². The molecule has 1 unspecified atom stereocenters. The zero-order valence-electron chi connectivity index (χ0n) is 13.1. The quantitative estimate of drug-likeness (QED) is 0.598. The fourth-order valence-electron chi connectivity index (χ4n) is 3.54. The highest BCUT2D eigenvalue weighted by molar-refractivity contribution is 7.15. The zero-order valence-corrected chi connectivity index (χ0v) is 14.0. The van der Waals surface area contributed by atoms with Gasteiger partial charge in [-0.05, 0) is 12.1 Å². The van der Waals surface area contributed by atoms with E-state index in [0.717, 1.165) is 21.9 Å². The summed E-state index contributed by atoms with van der Waals surface area (Å²) in [6.45, 7) is 0.792. The van der Waals surface area contributed by atoms with Crippen LogP contribution in [0.3, 0.4) is 0 Å². The third kappa shape index (κ3) is 2.21. The molecule has 0 radical (unpaired) electrons. The molecule has 25 heavy (non-hydrogen) atoms. The van der Waals surface area contributed by atoms with Gasteiger partial charge >= 0.3 is 5.76 Å². The number of nitrogens with one attached hydrogen (secondary N) is 1. The molecule has 1 aliphatic rings. The summed E-state index contributed by atoms with van der Waals surface area (Å²) in [4.78, 5) is 30.0. The SMILES string of the molecule is O=C1CC(Cn2c(=O)oc3ccccc32)c2c(nc3sccn23)CN1. The third-order valence-electron chi connectivity index (χ3n) is 4.62. The van der Waals surface area contributed by atoms with Gasteiger partial charge in [0.2, 0.25) is 5.91 Å². The normalized spacial score (nSPS) is 17.6. The van der Waals surface area contributed by atoms with Gasteiger partial charge in [-0.3, -0.25) is 13.8 Å². The van der Waals surface area contributed by atoms with Crippen molar-refractivity contribution >= 4 is 33.3 Å². The number of carbonyl (C=O) groups is 1. The second-order valence-electron chi connectivity index (χ2n) is 6.12. The lowest BCUT2D eigenvalue weighted by Crippen LogP contribution is -2.24. The van der Waals surface area contributed by atoms with Gasteiger partial charge in [0.25, 0.3) is 0 Å². The van der Waals surface area contributed by atoms with Crippen molar-refractivity contribution in [3.05, 3.63) is 57.8 Å². The lowest BCUT2D eigenvalue weighted by molar-refractivity contribution is -0.121. The molecule has 0 fully saturated rings. The van der Waals surface area contributed by atoms with E-state index in [1.807, 2.05) is 34.2 Å². The average Bonchev–Trinajstić information content (AvgIpc) is 3.23. The fraction of sp³-hybridized carbons (Fsp3) is 0.235. The maximum atomic E-state index is 12.3. The Hall–Kier alpha value is -2.87. The van der Waals surface area contributed by atoms with Crippen LogP contribution in [0.2, 0.25) is 0 Å². The highest BCUT2D eigenvalue weighted by Crippen LogP contribution is 2.31. The van der Waals surface area contributed by atoms with E-state index < -0.39 is 5.76 Å². The van der Waals surface area contributed by atoms with Crippen molar-refractivity contribution in [2.45, 2.75) is 25.4 Å². The fourth-order valence-corrected chi connectivity index (χ4v) is 4.28. The summed E-state index contributed by atoms with van der Waals surface area (Å²) in [5.41, 5.74) is 3.15. The first kappa shape index (κ1) is 14.5. The van der Waals surface area contributed by atoms with E-state index in [2.05, 4.69) is 10.3 Å². The number of rotatable bonds is 2. The Morgan fingerprint density at radius 3 is 3.12 bits per heavy atom. The number of para-hydroxylation sites is 2. The predicted molar refractivity (Wildman–Crippen MR) is 92.7 cm³/mol. The molecular formula is C17H14N4O3S. The minimum Gasteiger partial charge on any atom is -0.408 e. The van der Waals surface area contributed by atoms with Crippen LogP contribution in [0.25, 0.3) is 16.1 Å². The largest absolute Gasteiger partial charge is 0.419 e. The minimum absolute atomic E-state index is 0.0344. The van der Waals surface area contributed by atoms with Crippen LogP contribution in [0, 0.1) is 0 Å². The van der Waals surface area contributed by atoms with Gasteiger partial charge in [-0.15, -0.1) is 11.3 Å². The van der Waals surface area contributed by atoms with Crippen LogP contribution in [0.5, 0.6) is 0 Å². The van der Waals surface area contributed by atoms with E-state index in [1.165, 1.54) is 0 Å². The van der Waals surface area contributed by atoms with E-state index in [1.54, 1.807) is 22.0 Å². The summed E-state index contributed by atoms with van der Waals surface area (Å²) in [6.07, 6.45) is 2.27. The number of carbonyl (C=O) groups excluding carboxylic acids is 1. The highest BCUT2D eigenvalue weighted by Gasteiger charge is 2.29. The molecule has 5 rings (SSSR count). The number of aromatic nitrogens is 3. The van der Waals surface area contributed by atoms with E-state index in [0.29, 0.717) is 25.1 Å². The highest BCUT2D eigenvalue weighted by atomic mass is 32.1. The van der Waals surface area contributed by atoms with Crippen molar-refractivity contribution in [2.24, 2.45) is 0 Å².